The monoisotopic (exact) mass is 245 g/mol. The van der Waals surface area contributed by atoms with E-state index >= 15 is 0 Å². The van der Waals surface area contributed by atoms with Gasteiger partial charge in [0.2, 0.25) is 0 Å². The molecule has 4 nitrogen and oxygen atoms in total. The first-order valence-corrected chi connectivity index (χ1v) is 6.27. The van der Waals surface area contributed by atoms with Gasteiger partial charge in [0.25, 0.3) is 0 Å². The van der Waals surface area contributed by atoms with Crippen LogP contribution in [0, 0.1) is 5.41 Å². The highest BCUT2D eigenvalue weighted by Gasteiger charge is 2.42. The van der Waals surface area contributed by atoms with Gasteiger partial charge in [0.05, 0.1) is 5.41 Å². The van der Waals surface area contributed by atoms with Crippen molar-refractivity contribution in [3.63, 3.8) is 0 Å². The molecule has 2 aromatic rings. The fourth-order valence-electron chi connectivity index (χ4n) is 2.80. The summed E-state index contributed by atoms with van der Waals surface area (Å²) in [5, 5.41) is 9.43. The van der Waals surface area contributed by atoms with Gasteiger partial charge in [0.15, 0.2) is 11.5 Å². The van der Waals surface area contributed by atoms with Crippen LogP contribution in [-0.2, 0) is 11.2 Å². The number of carboxylic acids is 1. The Kier molecular flexibility index (Phi) is 2.58. The van der Waals surface area contributed by atoms with E-state index in [1.54, 1.807) is 0 Å². The summed E-state index contributed by atoms with van der Waals surface area (Å²) in [4.78, 5) is 15.8. The lowest BCUT2D eigenvalue weighted by Gasteiger charge is -2.21. The molecule has 18 heavy (non-hydrogen) atoms. The van der Waals surface area contributed by atoms with Gasteiger partial charge >= 0.3 is 5.97 Å². The summed E-state index contributed by atoms with van der Waals surface area (Å²) in [7, 11) is 0. The van der Waals surface area contributed by atoms with Crippen molar-refractivity contribution in [1.29, 1.82) is 0 Å². The Hall–Kier alpha value is -1.84. The molecule has 3 rings (SSSR count). The number of hydrogen-bond acceptors (Lipinski definition) is 3. The maximum absolute atomic E-state index is 11.5. The highest BCUT2D eigenvalue weighted by Crippen LogP contribution is 2.41. The van der Waals surface area contributed by atoms with E-state index in [4.69, 9.17) is 4.42 Å². The van der Waals surface area contributed by atoms with Crippen LogP contribution in [0.4, 0.5) is 0 Å². The van der Waals surface area contributed by atoms with Gasteiger partial charge in [-0.15, -0.1) is 0 Å². The van der Waals surface area contributed by atoms with Crippen molar-refractivity contribution in [3.05, 3.63) is 30.2 Å². The molecule has 0 bridgehead atoms. The lowest BCUT2D eigenvalue weighted by Crippen LogP contribution is -2.30. The quantitative estimate of drug-likeness (QED) is 0.902. The fraction of sp³-hybridized carbons (Fsp3) is 0.429. The van der Waals surface area contributed by atoms with Crippen molar-refractivity contribution in [3.8, 4) is 0 Å². The third-order valence-electron chi connectivity index (χ3n) is 3.84. The van der Waals surface area contributed by atoms with Gasteiger partial charge < -0.3 is 9.52 Å². The molecular weight excluding hydrogens is 230 g/mol. The number of oxazole rings is 1. The third-order valence-corrected chi connectivity index (χ3v) is 3.84. The number of carboxylic acid groups (broad SMARTS) is 1. The van der Waals surface area contributed by atoms with E-state index in [0.717, 1.165) is 36.8 Å². The van der Waals surface area contributed by atoms with Crippen LogP contribution in [0.3, 0.4) is 0 Å². The average Bonchev–Trinajstić information content (AvgIpc) is 2.95. The molecule has 1 heterocycles. The number of aliphatic carboxylic acids is 1. The van der Waals surface area contributed by atoms with Crippen LogP contribution in [0.5, 0.6) is 0 Å². The van der Waals surface area contributed by atoms with Crippen molar-refractivity contribution in [1.82, 2.24) is 4.98 Å². The maximum atomic E-state index is 11.5. The first-order chi connectivity index (χ1) is 8.70. The zero-order valence-corrected chi connectivity index (χ0v) is 10.1. The van der Waals surface area contributed by atoms with E-state index in [9.17, 15) is 9.90 Å². The van der Waals surface area contributed by atoms with Gasteiger partial charge in [-0.3, -0.25) is 4.79 Å². The van der Waals surface area contributed by atoms with Crippen molar-refractivity contribution in [2.24, 2.45) is 5.41 Å². The normalized spacial score (nSPS) is 18.2. The van der Waals surface area contributed by atoms with E-state index < -0.39 is 11.4 Å². The van der Waals surface area contributed by atoms with Crippen LogP contribution in [-0.4, -0.2) is 16.1 Å². The summed E-state index contributed by atoms with van der Waals surface area (Å²) >= 11 is 0. The van der Waals surface area contributed by atoms with Crippen molar-refractivity contribution in [2.75, 3.05) is 0 Å². The van der Waals surface area contributed by atoms with Gasteiger partial charge in [0.1, 0.15) is 5.52 Å². The molecule has 1 aromatic heterocycles. The Bertz CT molecular complexity index is 548. The zero-order valence-electron chi connectivity index (χ0n) is 10.1. The predicted molar refractivity (Wildman–Crippen MR) is 66.2 cm³/mol. The molecule has 0 spiro atoms. The highest BCUT2D eigenvalue weighted by molar-refractivity contribution is 5.76. The van der Waals surface area contributed by atoms with Crippen LogP contribution in [0.15, 0.2) is 28.7 Å². The van der Waals surface area contributed by atoms with Gasteiger partial charge in [-0.2, -0.15) is 0 Å². The van der Waals surface area contributed by atoms with Gasteiger partial charge in [-0.25, -0.2) is 4.98 Å². The summed E-state index contributed by atoms with van der Waals surface area (Å²) in [6.07, 6.45) is 3.80. The van der Waals surface area contributed by atoms with Crippen LogP contribution in [0.1, 0.15) is 31.6 Å². The van der Waals surface area contributed by atoms with Crippen LogP contribution < -0.4 is 0 Å². The smallest absolute Gasteiger partial charge is 0.310 e. The van der Waals surface area contributed by atoms with E-state index in [2.05, 4.69) is 4.98 Å². The molecule has 1 aliphatic rings. The van der Waals surface area contributed by atoms with Crippen LogP contribution in [0.25, 0.3) is 11.1 Å². The van der Waals surface area contributed by atoms with E-state index in [1.807, 2.05) is 24.3 Å². The minimum Gasteiger partial charge on any atom is -0.481 e. The molecule has 0 aliphatic heterocycles. The second kappa shape index (κ2) is 4.12. The van der Waals surface area contributed by atoms with Crippen molar-refractivity contribution in [2.45, 2.75) is 32.1 Å². The molecule has 4 heteroatoms. The number of aromatic nitrogens is 1. The molecule has 0 atom stereocenters. The topological polar surface area (TPSA) is 63.3 Å². The van der Waals surface area contributed by atoms with Crippen LogP contribution in [0.2, 0.25) is 0 Å². The lowest BCUT2D eigenvalue weighted by atomic mass is 9.83. The number of rotatable bonds is 3. The van der Waals surface area contributed by atoms with Gasteiger partial charge in [0, 0.05) is 6.42 Å². The second-order valence-corrected chi connectivity index (χ2v) is 5.04. The molecule has 0 amide bonds. The van der Waals surface area contributed by atoms with E-state index in [0.29, 0.717) is 12.3 Å². The maximum Gasteiger partial charge on any atom is 0.310 e. The third kappa shape index (κ3) is 1.78. The number of benzene rings is 1. The Labute approximate surface area is 105 Å². The number of carbonyl (C=O) groups is 1. The van der Waals surface area contributed by atoms with Crippen LogP contribution >= 0.6 is 0 Å². The molecule has 94 valence electrons. The van der Waals surface area contributed by atoms with Gasteiger partial charge in [-0.1, -0.05) is 25.0 Å². The standard InChI is InChI=1S/C14H15NO3/c16-13(17)14(7-3-4-8-14)9-12-15-10-5-1-2-6-11(10)18-12/h1-2,5-6H,3-4,7-9H2,(H,16,17). The molecule has 0 radical (unpaired) electrons. The summed E-state index contributed by atoms with van der Waals surface area (Å²) in [6, 6.07) is 7.52. The summed E-state index contributed by atoms with van der Waals surface area (Å²) < 4.78 is 5.63. The Morgan fingerprint density at radius 3 is 2.72 bits per heavy atom. The molecule has 0 unspecified atom stereocenters. The molecular formula is C14H15NO3. The minimum atomic E-state index is -0.720. The molecule has 0 saturated heterocycles. The summed E-state index contributed by atoms with van der Waals surface area (Å²) in [5.41, 5.74) is 0.859. The first-order valence-electron chi connectivity index (χ1n) is 6.27. The average molecular weight is 245 g/mol. The Morgan fingerprint density at radius 1 is 1.33 bits per heavy atom. The van der Waals surface area contributed by atoms with Crippen molar-refractivity contribution >= 4 is 17.1 Å². The molecule has 1 saturated carbocycles. The molecule has 1 aromatic carbocycles. The molecule has 1 fully saturated rings. The number of hydrogen-bond donors (Lipinski definition) is 1. The summed E-state index contributed by atoms with van der Waals surface area (Å²) in [6.45, 7) is 0. The van der Waals surface area contributed by atoms with Crippen molar-refractivity contribution < 1.29 is 14.3 Å². The number of fused-ring (bicyclic) bond motifs is 1. The first kappa shape index (κ1) is 11.3. The van der Waals surface area contributed by atoms with E-state index in [-0.39, 0.29) is 0 Å². The molecule has 1 aliphatic carbocycles. The Morgan fingerprint density at radius 2 is 2.06 bits per heavy atom. The highest BCUT2D eigenvalue weighted by atomic mass is 16.4. The molecule has 1 N–H and O–H groups in total. The fourth-order valence-corrected chi connectivity index (χ4v) is 2.80. The number of para-hydroxylation sites is 2. The Balaban J connectivity index is 1.93. The second-order valence-electron chi connectivity index (χ2n) is 5.04. The zero-order chi connectivity index (χ0) is 12.6. The van der Waals surface area contributed by atoms with Gasteiger partial charge in [-0.05, 0) is 25.0 Å². The van der Waals surface area contributed by atoms with E-state index in [1.165, 1.54) is 0 Å². The predicted octanol–water partition coefficient (Wildman–Crippen LogP) is 3.02. The number of nitrogens with zero attached hydrogens (tertiary/aromatic N) is 1. The largest absolute Gasteiger partial charge is 0.481 e. The minimum absolute atomic E-state index is 0.400. The lowest BCUT2D eigenvalue weighted by molar-refractivity contribution is -0.148. The SMILES string of the molecule is O=C(O)C1(Cc2nc3ccccc3o2)CCCC1. The summed E-state index contributed by atoms with van der Waals surface area (Å²) in [5.74, 6) is -0.178.